The summed E-state index contributed by atoms with van der Waals surface area (Å²) >= 11 is 4.88. The van der Waals surface area contributed by atoms with Gasteiger partial charge in [-0.05, 0) is 35.9 Å². The van der Waals surface area contributed by atoms with Gasteiger partial charge in [0.25, 0.3) is 5.56 Å². The highest BCUT2D eigenvalue weighted by molar-refractivity contribution is 9.10. The summed E-state index contributed by atoms with van der Waals surface area (Å²) in [7, 11) is 0. The fourth-order valence-corrected chi connectivity index (χ4v) is 4.48. The summed E-state index contributed by atoms with van der Waals surface area (Å²) in [5.41, 5.74) is 1.90. The van der Waals surface area contributed by atoms with E-state index in [9.17, 15) is 4.79 Å². The first-order valence-corrected chi connectivity index (χ1v) is 9.94. The summed E-state index contributed by atoms with van der Waals surface area (Å²) in [6.45, 7) is 1.20. The molecule has 2 aliphatic heterocycles. The van der Waals surface area contributed by atoms with Crippen molar-refractivity contribution in [3.63, 3.8) is 0 Å². The number of anilines is 1. The van der Waals surface area contributed by atoms with Gasteiger partial charge in [0.2, 0.25) is 6.79 Å². The lowest BCUT2D eigenvalue weighted by atomic mass is 10.2. The molecule has 3 aromatic rings. The molecule has 0 radical (unpaired) electrons. The van der Waals surface area contributed by atoms with Crippen LogP contribution in [0, 0.1) is 0 Å². The maximum atomic E-state index is 12.9. The van der Waals surface area contributed by atoms with Crippen molar-refractivity contribution >= 4 is 39.0 Å². The van der Waals surface area contributed by atoms with E-state index in [1.165, 1.54) is 11.3 Å². The highest BCUT2D eigenvalue weighted by Gasteiger charge is 2.19. The van der Waals surface area contributed by atoms with E-state index in [0.29, 0.717) is 17.9 Å². The average Bonchev–Trinajstić information content (AvgIpc) is 3.26. The number of aromatic nitrogens is 1. The first kappa shape index (κ1) is 16.6. The summed E-state index contributed by atoms with van der Waals surface area (Å²) in [6.07, 6.45) is 1.91. The van der Waals surface area contributed by atoms with Crippen molar-refractivity contribution in [3.05, 3.63) is 72.2 Å². The fraction of sp³-hybridized carbons (Fsp3) is 0.158. The van der Waals surface area contributed by atoms with Gasteiger partial charge in [0.1, 0.15) is 13.3 Å². The Morgan fingerprint density at radius 1 is 1.15 bits per heavy atom. The zero-order chi connectivity index (χ0) is 18.4. The third-order valence-electron chi connectivity index (χ3n) is 4.44. The second kappa shape index (κ2) is 6.54. The highest BCUT2D eigenvalue weighted by atomic mass is 79.9. The number of halogens is 1. The van der Waals surface area contributed by atoms with E-state index in [-0.39, 0.29) is 12.4 Å². The molecule has 0 fully saturated rings. The maximum absolute atomic E-state index is 12.9. The van der Waals surface area contributed by atoms with Gasteiger partial charge in [-0.2, -0.15) is 0 Å². The lowest BCUT2D eigenvalue weighted by Gasteiger charge is -2.25. The zero-order valence-corrected chi connectivity index (χ0v) is 16.5. The van der Waals surface area contributed by atoms with Crippen molar-refractivity contribution < 1.29 is 9.47 Å². The van der Waals surface area contributed by atoms with E-state index in [1.54, 1.807) is 4.57 Å². The molecule has 27 heavy (non-hydrogen) atoms. The average molecular weight is 444 g/mol. The summed E-state index contributed by atoms with van der Waals surface area (Å²) in [5, 5.41) is 0. The standard InChI is InChI=1S/C19H14BrN3O3S/c20-13-3-1-2-12(6-13)7-17-18(24)23-10-22(9-21-19(23)27-17)14-4-5-15-16(8-14)26-11-25-15/h1-8H,9-11H2. The second-order valence-electron chi connectivity index (χ2n) is 6.20. The second-order valence-corrected chi connectivity index (χ2v) is 8.12. The molecule has 0 aliphatic carbocycles. The van der Waals surface area contributed by atoms with Gasteiger partial charge in [-0.25, -0.2) is 4.99 Å². The molecule has 3 heterocycles. The Morgan fingerprint density at radius 2 is 2.04 bits per heavy atom. The molecule has 0 unspecified atom stereocenters. The Labute approximate surface area is 166 Å². The van der Waals surface area contributed by atoms with E-state index in [4.69, 9.17) is 9.47 Å². The van der Waals surface area contributed by atoms with Gasteiger partial charge in [0, 0.05) is 16.2 Å². The van der Waals surface area contributed by atoms with Gasteiger partial charge < -0.3 is 14.4 Å². The molecule has 8 heteroatoms. The highest BCUT2D eigenvalue weighted by Crippen LogP contribution is 2.35. The van der Waals surface area contributed by atoms with Crippen molar-refractivity contribution in [1.29, 1.82) is 0 Å². The van der Waals surface area contributed by atoms with Crippen molar-refractivity contribution in [1.82, 2.24) is 4.57 Å². The number of fused-ring (bicyclic) bond motifs is 2. The molecular formula is C19H14BrN3O3S. The molecule has 1 aromatic heterocycles. The number of hydrogen-bond acceptors (Lipinski definition) is 6. The molecule has 0 spiro atoms. The lowest BCUT2D eigenvalue weighted by molar-refractivity contribution is 0.174. The van der Waals surface area contributed by atoms with E-state index >= 15 is 0 Å². The predicted octanol–water partition coefficient (Wildman–Crippen LogP) is 2.28. The summed E-state index contributed by atoms with van der Waals surface area (Å²) < 4.78 is 14.2. The number of rotatable bonds is 2. The number of ether oxygens (including phenoxy) is 2. The fourth-order valence-electron chi connectivity index (χ4n) is 3.10. The van der Waals surface area contributed by atoms with Crippen LogP contribution in [0.1, 0.15) is 5.56 Å². The van der Waals surface area contributed by atoms with Gasteiger partial charge in [-0.1, -0.05) is 39.4 Å². The van der Waals surface area contributed by atoms with Gasteiger partial charge in [-0.3, -0.25) is 9.36 Å². The van der Waals surface area contributed by atoms with Crippen LogP contribution >= 0.6 is 27.3 Å². The van der Waals surface area contributed by atoms with Crippen molar-refractivity contribution in [2.75, 3.05) is 18.4 Å². The van der Waals surface area contributed by atoms with E-state index < -0.39 is 0 Å². The minimum absolute atomic E-state index is 0.0239. The maximum Gasteiger partial charge on any atom is 0.271 e. The Bertz CT molecular complexity index is 1220. The predicted molar refractivity (Wildman–Crippen MR) is 107 cm³/mol. The van der Waals surface area contributed by atoms with Crippen LogP contribution in [0.5, 0.6) is 11.5 Å². The van der Waals surface area contributed by atoms with Crippen LogP contribution in [0.3, 0.4) is 0 Å². The molecule has 2 aromatic carbocycles. The normalized spacial score (nSPS) is 15.6. The topological polar surface area (TPSA) is 56.1 Å². The van der Waals surface area contributed by atoms with E-state index in [0.717, 1.165) is 32.0 Å². The molecule has 0 atom stereocenters. The van der Waals surface area contributed by atoms with Gasteiger partial charge in [0.15, 0.2) is 16.3 Å². The number of hydrogen-bond donors (Lipinski definition) is 0. The molecule has 0 N–H and O–H groups in total. The van der Waals surface area contributed by atoms with Crippen LogP contribution in [-0.4, -0.2) is 18.0 Å². The Balaban J connectivity index is 1.50. The van der Waals surface area contributed by atoms with Crippen LogP contribution in [0.4, 0.5) is 5.69 Å². The zero-order valence-electron chi connectivity index (χ0n) is 14.1. The molecule has 0 saturated heterocycles. The van der Waals surface area contributed by atoms with Crippen LogP contribution in [0.25, 0.3) is 6.08 Å². The number of nitrogens with zero attached hydrogens (tertiary/aromatic N) is 3. The van der Waals surface area contributed by atoms with Gasteiger partial charge >= 0.3 is 0 Å². The van der Waals surface area contributed by atoms with Crippen molar-refractivity contribution in [2.24, 2.45) is 4.99 Å². The largest absolute Gasteiger partial charge is 0.454 e. The first-order chi connectivity index (χ1) is 13.2. The van der Waals surface area contributed by atoms with Crippen LogP contribution < -0.4 is 29.3 Å². The van der Waals surface area contributed by atoms with Gasteiger partial charge in [-0.15, -0.1) is 0 Å². The van der Waals surface area contributed by atoms with E-state index in [1.807, 2.05) is 53.4 Å². The Morgan fingerprint density at radius 3 is 2.93 bits per heavy atom. The SMILES string of the molecule is O=c1c(=Cc2cccc(Br)c2)sc2n1CN(c1ccc3c(c1)OCO3)CN=2. The molecule has 0 amide bonds. The summed E-state index contributed by atoms with van der Waals surface area (Å²) in [5.74, 6) is 1.46. The molecule has 136 valence electrons. The van der Waals surface area contributed by atoms with Crippen LogP contribution in [0.2, 0.25) is 0 Å². The van der Waals surface area contributed by atoms with E-state index in [2.05, 4.69) is 20.9 Å². The number of benzene rings is 2. The Kier molecular flexibility index (Phi) is 4.02. The summed E-state index contributed by atoms with van der Waals surface area (Å²) in [4.78, 5) is 20.2. The van der Waals surface area contributed by atoms with Crippen LogP contribution in [0.15, 0.2) is 56.7 Å². The molecular weight excluding hydrogens is 430 g/mol. The molecule has 0 bridgehead atoms. The smallest absolute Gasteiger partial charge is 0.271 e. The molecule has 5 rings (SSSR count). The lowest BCUT2D eigenvalue weighted by Crippen LogP contribution is -2.42. The Hall–Kier alpha value is -2.58. The monoisotopic (exact) mass is 443 g/mol. The number of thiazole rings is 1. The molecule has 6 nitrogen and oxygen atoms in total. The molecule has 2 aliphatic rings. The third-order valence-corrected chi connectivity index (χ3v) is 5.98. The third kappa shape index (κ3) is 3.04. The van der Waals surface area contributed by atoms with Crippen LogP contribution in [-0.2, 0) is 6.67 Å². The quantitative estimate of drug-likeness (QED) is 0.609. The van der Waals surface area contributed by atoms with Crippen molar-refractivity contribution in [2.45, 2.75) is 6.67 Å². The minimum atomic E-state index is -0.0239. The molecule has 0 saturated carbocycles. The van der Waals surface area contributed by atoms with Crippen molar-refractivity contribution in [3.8, 4) is 11.5 Å². The first-order valence-electron chi connectivity index (χ1n) is 8.33. The van der Waals surface area contributed by atoms with Gasteiger partial charge in [0.05, 0.1) is 4.53 Å². The minimum Gasteiger partial charge on any atom is -0.454 e. The summed E-state index contributed by atoms with van der Waals surface area (Å²) in [6, 6.07) is 13.6.